The van der Waals surface area contributed by atoms with Crippen LogP contribution in [0.4, 0.5) is 0 Å². The number of rotatable bonds is 2. The van der Waals surface area contributed by atoms with Crippen molar-refractivity contribution in [1.29, 1.82) is 0 Å². The first-order valence-corrected chi connectivity index (χ1v) is 7.58. The smallest absolute Gasteiger partial charge is 0.274 e. The molecule has 1 fully saturated rings. The van der Waals surface area contributed by atoms with E-state index >= 15 is 0 Å². The van der Waals surface area contributed by atoms with Crippen LogP contribution in [0.3, 0.4) is 0 Å². The van der Waals surface area contributed by atoms with Gasteiger partial charge in [-0.3, -0.25) is 9.78 Å². The van der Waals surface area contributed by atoms with Gasteiger partial charge < -0.3 is 9.80 Å². The second-order valence-corrected chi connectivity index (χ2v) is 5.77. The number of piperazine rings is 1. The first-order valence-electron chi connectivity index (χ1n) is 7.20. The fourth-order valence-electron chi connectivity index (χ4n) is 2.44. The van der Waals surface area contributed by atoms with Crippen molar-refractivity contribution in [3.63, 3.8) is 0 Å². The molecule has 0 radical (unpaired) electrons. The molecule has 5 nitrogen and oxygen atoms in total. The van der Waals surface area contributed by atoms with Gasteiger partial charge in [-0.05, 0) is 13.1 Å². The van der Waals surface area contributed by atoms with E-state index < -0.39 is 0 Å². The minimum Gasteiger partial charge on any atom is -0.335 e. The highest BCUT2D eigenvalue weighted by molar-refractivity contribution is 6.33. The Hall–Kier alpha value is -1.98. The quantitative estimate of drug-likeness (QED) is 0.852. The van der Waals surface area contributed by atoms with Gasteiger partial charge in [-0.2, -0.15) is 0 Å². The van der Waals surface area contributed by atoms with Crippen molar-refractivity contribution in [3.05, 3.63) is 47.4 Å². The molecule has 1 amide bonds. The van der Waals surface area contributed by atoms with Gasteiger partial charge in [0, 0.05) is 31.7 Å². The molecule has 0 N–H and O–H groups in total. The first kappa shape index (κ1) is 14.9. The predicted octanol–water partition coefficient (Wildman–Crippen LogP) is 2.18. The summed E-state index contributed by atoms with van der Waals surface area (Å²) in [5, 5.41) is 0.598. The number of hydrogen-bond acceptors (Lipinski definition) is 4. The van der Waals surface area contributed by atoms with Crippen molar-refractivity contribution in [1.82, 2.24) is 19.8 Å². The molecular weight excluding hydrogens is 300 g/mol. The Morgan fingerprint density at radius 3 is 2.59 bits per heavy atom. The molecule has 1 aliphatic rings. The number of hydrogen-bond donors (Lipinski definition) is 0. The second kappa shape index (κ2) is 6.42. The molecule has 3 rings (SSSR count). The molecule has 1 saturated heterocycles. The van der Waals surface area contributed by atoms with Crippen LogP contribution in [0.15, 0.2) is 36.7 Å². The molecule has 0 saturated carbocycles. The van der Waals surface area contributed by atoms with Gasteiger partial charge in [0.05, 0.1) is 23.1 Å². The zero-order valence-corrected chi connectivity index (χ0v) is 13.1. The van der Waals surface area contributed by atoms with Crippen LogP contribution in [0, 0.1) is 0 Å². The number of carbonyl (C=O) groups is 1. The summed E-state index contributed by atoms with van der Waals surface area (Å²) in [5.41, 5.74) is 1.76. The van der Waals surface area contributed by atoms with Crippen molar-refractivity contribution in [2.75, 3.05) is 33.2 Å². The normalized spacial score (nSPS) is 15.8. The predicted molar refractivity (Wildman–Crippen MR) is 85.9 cm³/mol. The third-order valence-corrected chi connectivity index (χ3v) is 4.12. The van der Waals surface area contributed by atoms with Crippen LogP contribution >= 0.6 is 11.6 Å². The number of amides is 1. The number of halogens is 1. The fraction of sp³-hybridized carbons (Fsp3) is 0.312. The van der Waals surface area contributed by atoms with E-state index in [4.69, 9.17) is 11.6 Å². The minimum absolute atomic E-state index is 0.0745. The Labute approximate surface area is 134 Å². The number of benzene rings is 1. The lowest BCUT2D eigenvalue weighted by atomic mass is 10.1. The van der Waals surface area contributed by atoms with Crippen molar-refractivity contribution in [2.24, 2.45) is 0 Å². The van der Waals surface area contributed by atoms with Gasteiger partial charge in [0.15, 0.2) is 0 Å². The molecule has 0 unspecified atom stereocenters. The molecule has 0 atom stereocenters. The lowest BCUT2D eigenvalue weighted by Crippen LogP contribution is -2.47. The number of aromatic nitrogens is 2. The standard InChI is InChI=1S/C16H17ClN4O/c1-20-6-8-21(9-7-20)16(22)15-11-18-10-14(19-15)12-4-2-3-5-13(12)17/h2-5,10-11H,6-9H2,1H3. The Kier molecular flexibility index (Phi) is 4.36. The Bertz CT molecular complexity index is 683. The summed E-state index contributed by atoms with van der Waals surface area (Å²) in [7, 11) is 2.06. The summed E-state index contributed by atoms with van der Waals surface area (Å²) in [6.07, 6.45) is 3.14. The molecule has 22 heavy (non-hydrogen) atoms. The second-order valence-electron chi connectivity index (χ2n) is 5.36. The van der Waals surface area contributed by atoms with E-state index in [2.05, 4.69) is 21.9 Å². The van der Waals surface area contributed by atoms with Gasteiger partial charge in [0.1, 0.15) is 5.69 Å². The van der Waals surface area contributed by atoms with Crippen molar-refractivity contribution in [3.8, 4) is 11.3 Å². The van der Waals surface area contributed by atoms with Gasteiger partial charge in [-0.15, -0.1) is 0 Å². The summed E-state index contributed by atoms with van der Waals surface area (Å²) < 4.78 is 0. The van der Waals surface area contributed by atoms with E-state index in [0.717, 1.165) is 18.7 Å². The fourth-order valence-corrected chi connectivity index (χ4v) is 2.67. The summed E-state index contributed by atoms with van der Waals surface area (Å²) in [6, 6.07) is 7.42. The molecule has 0 aliphatic carbocycles. The van der Waals surface area contributed by atoms with Crippen LogP contribution < -0.4 is 0 Å². The summed E-state index contributed by atoms with van der Waals surface area (Å²) in [6.45, 7) is 3.19. The van der Waals surface area contributed by atoms with E-state index in [-0.39, 0.29) is 5.91 Å². The topological polar surface area (TPSA) is 49.3 Å². The van der Waals surface area contributed by atoms with E-state index in [1.807, 2.05) is 23.1 Å². The van der Waals surface area contributed by atoms with E-state index in [1.54, 1.807) is 12.3 Å². The van der Waals surface area contributed by atoms with E-state index in [1.165, 1.54) is 6.20 Å². The Morgan fingerprint density at radius 1 is 1.14 bits per heavy atom. The van der Waals surface area contributed by atoms with Gasteiger partial charge in [0.2, 0.25) is 0 Å². The molecular formula is C16H17ClN4O. The van der Waals surface area contributed by atoms with Crippen molar-refractivity contribution in [2.45, 2.75) is 0 Å². The molecule has 0 bridgehead atoms. The molecule has 0 spiro atoms. The van der Waals surface area contributed by atoms with Crippen LogP contribution in [0.25, 0.3) is 11.3 Å². The Morgan fingerprint density at radius 2 is 1.86 bits per heavy atom. The van der Waals surface area contributed by atoms with Crippen molar-refractivity contribution >= 4 is 17.5 Å². The molecule has 1 aromatic carbocycles. The Balaban J connectivity index is 1.85. The van der Waals surface area contributed by atoms with Crippen LogP contribution in [0.1, 0.15) is 10.5 Å². The minimum atomic E-state index is -0.0745. The molecule has 114 valence electrons. The first-order chi connectivity index (χ1) is 10.6. The largest absolute Gasteiger partial charge is 0.335 e. The monoisotopic (exact) mass is 316 g/mol. The molecule has 6 heteroatoms. The lowest BCUT2D eigenvalue weighted by Gasteiger charge is -2.32. The average Bonchev–Trinajstić information content (AvgIpc) is 2.55. The zero-order valence-electron chi connectivity index (χ0n) is 12.4. The zero-order chi connectivity index (χ0) is 15.5. The highest BCUT2D eigenvalue weighted by atomic mass is 35.5. The van der Waals surface area contributed by atoms with Gasteiger partial charge in [-0.1, -0.05) is 29.8 Å². The van der Waals surface area contributed by atoms with Crippen LogP contribution in [-0.2, 0) is 0 Å². The van der Waals surface area contributed by atoms with Crippen molar-refractivity contribution < 1.29 is 4.79 Å². The molecule has 1 aromatic heterocycles. The van der Waals surface area contributed by atoms with E-state index in [0.29, 0.717) is 29.5 Å². The van der Waals surface area contributed by atoms with Gasteiger partial charge >= 0.3 is 0 Å². The number of likely N-dealkylation sites (N-methyl/N-ethyl adjacent to an activating group) is 1. The summed E-state index contributed by atoms with van der Waals surface area (Å²) in [5.74, 6) is -0.0745. The number of nitrogens with zero attached hydrogens (tertiary/aromatic N) is 4. The molecule has 1 aliphatic heterocycles. The van der Waals surface area contributed by atoms with Gasteiger partial charge in [0.25, 0.3) is 5.91 Å². The molecule has 2 heterocycles. The highest BCUT2D eigenvalue weighted by Crippen LogP contribution is 2.25. The summed E-state index contributed by atoms with van der Waals surface area (Å²) >= 11 is 6.19. The maximum atomic E-state index is 12.5. The van der Waals surface area contributed by atoms with E-state index in [9.17, 15) is 4.79 Å². The molecule has 2 aromatic rings. The SMILES string of the molecule is CN1CCN(C(=O)c2cncc(-c3ccccc3Cl)n2)CC1. The highest BCUT2D eigenvalue weighted by Gasteiger charge is 2.22. The maximum Gasteiger partial charge on any atom is 0.274 e. The summed E-state index contributed by atoms with van der Waals surface area (Å²) in [4.78, 5) is 25.2. The van der Waals surface area contributed by atoms with Crippen LogP contribution in [0.5, 0.6) is 0 Å². The van der Waals surface area contributed by atoms with Gasteiger partial charge in [-0.25, -0.2) is 4.98 Å². The van der Waals surface area contributed by atoms with Crippen LogP contribution in [0.2, 0.25) is 5.02 Å². The maximum absolute atomic E-state index is 12.5. The third kappa shape index (κ3) is 3.10. The number of carbonyl (C=O) groups excluding carboxylic acids is 1. The third-order valence-electron chi connectivity index (χ3n) is 3.79. The average molecular weight is 317 g/mol. The van der Waals surface area contributed by atoms with Crippen LogP contribution in [-0.4, -0.2) is 58.9 Å². The lowest BCUT2D eigenvalue weighted by molar-refractivity contribution is 0.0658.